The summed E-state index contributed by atoms with van der Waals surface area (Å²) in [6.07, 6.45) is 0. The van der Waals surface area contributed by atoms with Crippen molar-refractivity contribution >= 4 is 55.0 Å². The summed E-state index contributed by atoms with van der Waals surface area (Å²) < 4.78 is 1.72. The Bertz CT molecular complexity index is 578. The van der Waals surface area contributed by atoms with Crippen molar-refractivity contribution in [3.8, 4) is 0 Å². The lowest BCUT2D eigenvalue weighted by atomic mass is 10.0. The summed E-state index contributed by atoms with van der Waals surface area (Å²) in [5, 5.41) is -1.21. The van der Waals surface area contributed by atoms with Gasteiger partial charge in [0.25, 0.3) is 0 Å². The Labute approximate surface area is 138 Å². The summed E-state index contributed by atoms with van der Waals surface area (Å²) in [5.74, 6) is -0.792. The van der Waals surface area contributed by atoms with Crippen LogP contribution in [0.25, 0.3) is 0 Å². The van der Waals surface area contributed by atoms with Gasteiger partial charge in [-0.25, -0.2) is 0 Å². The normalized spacial score (nSPS) is 10.6. The van der Waals surface area contributed by atoms with Gasteiger partial charge in [-0.05, 0) is 24.3 Å². The van der Waals surface area contributed by atoms with Crippen LogP contribution in [-0.2, 0) is 0 Å². The molecule has 0 aliphatic heterocycles. The van der Waals surface area contributed by atoms with E-state index in [1.165, 1.54) is 0 Å². The number of benzene rings is 2. The number of Topliss-reactive ketones (excluding diaryl/α,β-unsaturated/α-hetero) is 2. The van der Waals surface area contributed by atoms with Crippen molar-refractivity contribution in [1.82, 2.24) is 0 Å². The van der Waals surface area contributed by atoms with Crippen molar-refractivity contribution in [3.63, 3.8) is 0 Å². The lowest BCUT2D eigenvalue weighted by Crippen LogP contribution is -2.24. The number of hydrogen-bond acceptors (Lipinski definition) is 2. The molecule has 0 heterocycles. The van der Waals surface area contributed by atoms with E-state index in [1.807, 2.05) is 0 Å². The minimum atomic E-state index is -1.21. The Kier molecular flexibility index (Phi) is 5.13. The fourth-order valence-corrected chi connectivity index (χ4v) is 2.42. The first-order chi connectivity index (χ1) is 9.49. The standard InChI is InChI=1S/C15H9Br2ClO2/c16-11-5-1-9(2-6-11)14(19)13(18)15(20)10-3-7-12(17)8-4-10/h1-8,13H. The molecule has 0 fully saturated rings. The van der Waals surface area contributed by atoms with Crippen LogP contribution < -0.4 is 0 Å². The van der Waals surface area contributed by atoms with Crippen molar-refractivity contribution in [3.05, 3.63) is 68.6 Å². The third-order valence-corrected chi connectivity index (χ3v) is 4.17. The topological polar surface area (TPSA) is 34.1 Å². The third-order valence-electron chi connectivity index (χ3n) is 2.72. The molecule has 20 heavy (non-hydrogen) atoms. The number of hydrogen-bond donors (Lipinski definition) is 0. The summed E-state index contributed by atoms with van der Waals surface area (Å²) in [4.78, 5) is 24.3. The van der Waals surface area contributed by atoms with Gasteiger partial charge in [-0.3, -0.25) is 9.59 Å². The van der Waals surface area contributed by atoms with Gasteiger partial charge in [0.1, 0.15) is 0 Å². The molecule has 102 valence electrons. The van der Waals surface area contributed by atoms with Gasteiger partial charge in [0.05, 0.1) is 0 Å². The van der Waals surface area contributed by atoms with Crippen LogP contribution in [0.3, 0.4) is 0 Å². The first-order valence-electron chi connectivity index (χ1n) is 5.72. The maximum absolute atomic E-state index is 12.2. The summed E-state index contributed by atoms with van der Waals surface area (Å²) in [6.45, 7) is 0. The van der Waals surface area contributed by atoms with Crippen molar-refractivity contribution < 1.29 is 9.59 Å². The van der Waals surface area contributed by atoms with E-state index in [1.54, 1.807) is 48.5 Å². The molecule has 0 saturated carbocycles. The van der Waals surface area contributed by atoms with Crippen LogP contribution in [0.4, 0.5) is 0 Å². The van der Waals surface area contributed by atoms with E-state index in [0.29, 0.717) is 11.1 Å². The lowest BCUT2D eigenvalue weighted by Gasteiger charge is -2.08. The molecule has 0 amide bonds. The van der Waals surface area contributed by atoms with Crippen molar-refractivity contribution in [2.45, 2.75) is 5.38 Å². The largest absolute Gasteiger partial charge is 0.292 e. The summed E-state index contributed by atoms with van der Waals surface area (Å²) in [7, 11) is 0. The van der Waals surface area contributed by atoms with Gasteiger partial charge in [0.2, 0.25) is 0 Å². The molecule has 0 saturated heterocycles. The predicted molar refractivity (Wildman–Crippen MR) is 86.6 cm³/mol. The molecule has 2 nitrogen and oxygen atoms in total. The number of halogens is 3. The minimum absolute atomic E-state index is 0.396. The van der Waals surface area contributed by atoms with E-state index < -0.39 is 16.9 Å². The molecule has 0 bridgehead atoms. The van der Waals surface area contributed by atoms with E-state index in [9.17, 15) is 9.59 Å². The van der Waals surface area contributed by atoms with Gasteiger partial charge >= 0.3 is 0 Å². The zero-order chi connectivity index (χ0) is 14.7. The molecule has 0 aromatic heterocycles. The molecule has 0 unspecified atom stereocenters. The second kappa shape index (κ2) is 6.66. The monoisotopic (exact) mass is 414 g/mol. The average Bonchev–Trinajstić information content (AvgIpc) is 2.46. The number of alkyl halides is 1. The Balaban J connectivity index is 2.20. The molecule has 2 aromatic rings. The van der Waals surface area contributed by atoms with Gasteiger partial charge in [-0.15, -0.1) is 11.6 Å². The minimum Gasteiger partial charge on any atom is -0.292 e. The first kappa shape index (κ1) is 15.4. The molecule has 0 radical (unpaired) electrons. The van der Waals surface area contributed by atoms with E-state index in [0.717, 1.165) is 8.95 Å². The molecular weight excluding hydrogens is 407 g/mol. The molecule has 0 aliphatic carbocycles. The van der Waals surface area contributed by atoms with Crippen molar-refractivity contribution in [2.24, 2.45) is 0 Å². The summed E-state index contributed by atoms with van der Waals surface area (Å²) in [6, 6.07) is 13.5. The Morgan fingerprint density at radius 1 is 0.750 bits per heavy atom. The molecule has 0 aliphatic rings. The summed E-state index contributed by atoms with van der Waals surface area (Å²) >= 11 is 12.6. The zero-order valence-electron chi connectivity index (χ0n) is 10.1. The first-order valence-corrected chi connectivity index (χ1v) is 7.75. The quantitative estimate of drug-likeness (QED) is 0.404. The van der Waals surface area contributed by atoms with Crippen LogP contribution in [0.5, 0.6) is 0 Å². The highest BCUT2D eigenvalue weighted by Gasteiger charge is 2.26. The highest BCUT2D eigenvalue weighted by molar-refractivity contribution is 9.10. The Morgan fingerprint density at radius 3 is 1.35 bits per heavy atom. The SMILES string of the molecule is O=C(c1ccc(Br)cc1)C(Cl)C(=O)c1ccc(Br)cc1. The molecule has 5 heteroatoms. The van der Waals surface area contributed by atoms with E-state index >= 15 is 0 Å². The molecule has 2 aromatic carbocycles. The summed E-state index contributed by atoms with van der Waals surface area (Å²) in [5.41, 5.74) is 0.831. The van der Waals surface area contributed by atoms with Crippen molar-refractivity contribution in [1.29, 1.82) is 0 Å². The second-order valence-electron chi connectivity index (χ2n) is 4.10. The molecule has 0 atom stereocenters. The highest BCUT2D eigenvalue weighted by atomic mass is 79.9. The van der Waals surface area contributed by atoms with Gasteiger partial charge in [-0.2, -0.15) is 0 Å². The van der Waals surface area contributed by atoms with Gasteiger partial charge in [0.15, 0.2) is 16.9 Å². The fourth-order valence-electron chi connectivity index (χ4n) is 1.64. The van der Waals surface area contributed by atoms with Crippen LogP contribution >= 0.6 is 43.5 Å². The smallest absolute Gasteiger partial charge is 0.188 e. The Hall–Kier alpha value is -0.970. The van der Waals surface area contributed by atoms with Crippen LogP contribution in [-0.4, -0.2) is 16.9 Å². The van der Waals surface area contributed by atoms with E-state index in [4.69, 9.17) is 11.6 Å². The number of ketones is 2. The van der Waals surface area contributed by atoms with E-state index in [2.05, 4.69) is 31.9 Å². The van der Waals surface area contributed by atoms with Gasteiger partial charge in [0, 0.05) is 20.1 Å². The third kappa shape index (κ3) is 3.57. The Morgan fingerprint density at radius 2 is 1.05 bits per heavy atom. The van der Waals surface area contributed by atoms with Crippen LogP contribution in [0.15, 0.2) is 57.5 Å². The van der Waals surface area contributed by atoms with Crippen LogP contribution in [0.1, 0.15) is 20.7 Å². The molecule has 0 spiro atoms. The predicted octanol–water partition coefficient (Wildman–Crippen LogP) is 4.88. The van der Waals surface area contributed by atoms with Crippen LogP contribution in [0, 0.1) is 0 Å². The number of rotatable bonds is 4. The average molecular weight is 416 g/mol. The highest BCUT2D eigenvalue weighted by Crippen LogP contribution is 2.18. The molecular formula is C15H9Br2ClO2. The molecule has 2 rings (SSSR count). The van der Waals surface area contributed by atoms with Gasteiger partial charge in [-0.1, -0.05) is 56.1 Å². The second-order valence-corrected chi connectivity index (χ2v) is 6.37. The maximum Gasteiger partial charge on any atom is 0.188 e. The van der Waals surface area contributed by atoms with Crippen LogP contribution in [0.2, 0.25) is 0 Å². The van der Waals surface area contributed by atoms with Crippen molar-refractivity contribution in [2.75, 3.05) is 0 Å². The van der Waals surface area contributed by atoms with E-state index in [-0.39, 0.29) is 0 Å². The zero-order valence-corrected chi connectivity index (χ0v) is 14.1. The number of carbonyl (C=O) groups is 2. The molecule has 0 N–H and O–H groups in total. The maximum atomic E-state index is 12.2. The lowest BCUT2D eigenvalue weighted by molar-refractivity contribution is 0.0900. The number of carbonyl (C=O) groups excluding carboxylic acids is 2. The fraction of sp³-hybridized carbons (Fsp3) is 0.0667. The van der Waals surface area contributed by atoms with Gasteiger partial charge < -0.3 is 0 Å².